The Hall–Kier alpha value is -2.18. The molecule has 2 heterocycles. The van der Waals surface area contributed by atoms with Crippen LogP contribution in [0.15, 0.2) is 16.5 Å². The molecule has 18 heavy (non-hydrogen) atoms. The minimum absolute atomic E-state index is 0.102. The summed E-state index contributed by atoms with van der Waals surface area (Å²) in [7, 11) is 0. The highest BCUT2D eigenvalue weighted by Gasteiger charge is 2.35. The Balaban J connectivity index is 1.78. The molecule has 1 saturated carbocycles. The lowest BCUT2D eigenvalue weighted by atomic mass is 10.3. The molecule has 1 amide bonds. The molecule has 0 saturated heterocycles. The summed E-state index contributed by atoms with van der Waals surface area (Å²) in [5, 5.41) is 13.2. The van der Waals surface area contributed by atoms with E-state index < -0.39 is 0 Å². The molecule has 7 nitrogen and oxygen atoms in total. The number of tetrazole rings is 1. The summed E-state index contributed by atoms with van der Waals surface area (Å²) in [6, 6.07) is 4.04. The van der Waals surface area contributed by atoms with Crippen molar-refractivity contribution in [2.24, 2.45) is 0 Å². The van der Waals surface area contributed by atoms with Crippen molar-refractivity contribution in [2.75, 3.05) is 0 Å². The number of aromatic nitrogens is 4. The third-order valence-electron chi connectivity index (χ3n) is 2.91. The van der Waals surface area contributed by atoms with Gasteiger partial charge in [-0.2, -0.15) is 5.21 Å². The van der Waals surface area contributed by atoms with Gasteiger partial charge in [0, 0.05) is 6.04 Å². The number of H-pyrrole nitrogens is 1. The average molecular weight is 247 g/mol. The van der Waals surface area contributed by atoms with Gasteiger partial charge in [0.05, 0.1) is 6.54 Å². The summed E-state index contributed by atoms with van der Waals surface area (Å²) in [6.07, 6.45) is 2.03. The minimum atomic E-state index is -0.208. The first-order valence-corrected chi connectivity index (χ1v) is 5.84. The topological polar surface area (TPSA) is 87.9 Å². The van der Waals surface area contributed by atoms with Crippen molar-refractivity contribution < 1.29 is 9.21 Å². The second kappa shape index (κ2) is 4.25. The van der Waals surface area contributed by atoms with E-state index in [0.29, 0.717) is 6.54 Å². The summed E-state index contributed by atoms with van der Waals surface area (Å²) in [5.74, 6) is 1.51. The number of nitrogens with one attached hydrogen (secondary N) is 1. The predicted octanol–water partition coefficient (Wildman–Crippen LogP) is 0.906. The molecule has 2 aromatic heterocycles. The maximum Gasteiger partial charge on any atom is 0.296 e. The smallest absolute Gasteiger partial charge is 0.296 e. The van der Waals surface area contributed by atoms with Gasteiger partial charge in [-0.15, -0.1) is 10.2 Å². The van der Waals surface area contributed by atoms with Gasteiger partial charge in [-0.3, -0.25) is 4.79 Å². The van der Waals surface area contributed by atoms with Gasteiger partial charge in [0.1, 0.15) is 11.5 Å². The lowest BCUT2D eigenvalue weighted by Gasteiger charge is -2.19. The summed E-state index contributed by atoms with van der Waals surface area (Å²) in [5.41, 5.74) is 0. The van der Waals surface area contributed by atoms with E-state index >= 15 is 0 Å². The molecular weight excluding hydrogens is 234 g/mol. The average Bonchev–Trinajstić information content (AvgIpc) is 2.89. The number of rotatable bonds is 4. The number of furan rings is 1. The number of aryl methyl sites for hydroxylation is 1. The molecule has 94 valence electrons. The number of aromatic amines is 1. The Bertz CT molecular complexity index is 544. The van der Waals surface area contributed by atoms with E-state index in [4.69, 9.17) is 4.42 Å². The molecule has 3 rings (SSSR count). The predicted molar refractivity (Wildman–Crippen MR) is 60.5 cm³/mol. The summed E-state index contributed by atoms with van der Waals surface area (Å²) in [6.45, 7) is 2.33. The van der Waals surface area contributed by atoms with E-state index in [1.54, 1.807) is 4.90 Å². The van der Waals surface area contributed by atoms with Crippen molar-refractivity contribution >= 4 is 5.91 Å². The van der Waals surface area contributed by atoms with E-state index in [1.165, 1.54) is 0 Å². The van der Waals surface area contributed by atoms with Crippen LogP contribution < -0.4 is 0 Å². The lowest BCUT2D eigenvalue weighted by Crippen LogP contribution is -2.33. The first-order chi connectivity index (χ1) is 8.74. The van der Waals surface area contributed by atoms with Gasteiger partial charge in [-0.25, -0.2) is 0 Å². The molecule has 1 fully saturated rings. The molecule has 1 aliphatic carbocycles. The third-order valence-corrected chi connectivity index (χ3v) is 2.91. The first-order valence-electron chi connectivity index (χ1n) is 5.84. The zero-order chi connectivity index (χ0) is 12.5. The van der Waals surface area contributed by atoms with Crippen molar-refractivity contribution in [3.63, 3.8) is 0 Å². The number of carbonyl (C=O) groups excluding carboxylic acids is 1. The van der Waals surface area contributed by atoms with Gasteiger partial charge in [0.15, 0.2) is 0 Å². The maximum absolute atomic E-state index is 12.2. The monoisotopic (exact) mass is 247 g/mol. The summed E-state index contributed by atoms with van der Waals surface area (Å²) < 4.78 is 5.50. The van der Waals surface area contributed by atoms with Gasteiger partial charge < -0.3 is 9.32 Å². The Morgan fingerprint density at radius 2 is 2.39 bits per heavy atom. The molecule has 1 aliphatic rings. The molecule has 0 radical (unpaired) electrons. The number of nitrogens with zero attached hydrogens (tertiary/aromatic N) is 4. The number of hydrogen-bond acceptors (Lipinski definition) is 5. The fraction of sp³-hybridized carbons (Fsp3) is 0.455. The van der Waals surface area contributed by atoms with Gasteiger partial charge in [0.2, 0.25) is 0 Å². The molecular formula is C11H13N5O2. The van der Waals surface area contributed by atoms with Crippen LogP contribution >= 0.6 is 0 Å². The van der Waals surface area contributed by atoms with E-state index in [0.717, 1.165) is 24.4 Å². The normalized spacial score (nSPS) is 14.7. The van der Waals surface area contributed by atoms with E-state index in [2.05, 4.69) is 20.6 Å². The zero-order valence-electron chi connectivity index (χ0n) is 9.96. The number of amides is 1. The Morgan fingerprint density at radius 3 is 2.94 bits per heavy atom. The Kier molecular flexibility index (Phi) is 2.58. The highest BCUT2D eigenvalue weighted by atomic mass is 16.3. The molecule has 7 heteroatoms. The molecule has 0 unspecified atom stereocenters. The summed E-state index contributed by atoms with van der Waals surface area (Å²) >= 11 is 0. The lowest BCUT2D eigenvalue weighted by molar-refractivity contribution is 0.0704. The molecule has 0 bridgehead atoms. The second-order valence-corrected chi connectivity index (χ2v) is 4.41. The van der Waals surface area contributed by atoms with Crippen molar-refractivity contribution in [3.05, 3.63) is 29.5 Å². The van der Waals surface area contributed by atoms with Gasteiger partial charge in [-0.05, 0) is 37.1 Å². The number of carbonyl (C=O) groups is 1. The van der Waals surface area contributed by atoms with E-state index in [-0.39, 0.29) is 17.8 Å². The van der Waals surface area contributed by atoms with Crippen LogP contribution in [0.5, 0.6) is 0 Å². The molecule has 0 aliphatic heterocycles. The van der Waals surface area contributed by atoms with Crippen LogP contribution in [0.1, 0.15) is 35.0 Å². The molecule has 1 N–H and O–H groups in total. The SMILES string of the molecule is Cc1ccc(CN(C(=O)c2nn[nH]n2)C2CC2)o1. The van der Waals surface area contributed by atoms with E-state index in [1.807, 2.05) is 19.1 Å². The fourth-order valence-corrected chi connectivity index (χ4v) is 1.87. The second-order valence-electron chi connectivity index (χ2n) is 4.41. The standard InChI is InChI=1S/C11H13N5O2/c1-7-2-5-9(18-7)6-16(8-3-4-8)11(17)10-12-14-15-13-10/h2,5,8H,3-4,6H2,1H3,(H,12,13,14,15). The Labute approximate surface area is 103 Å². The summed E-state index contributed by atoms with van der Waals surface area (Å²) in [4.78, 5) is 13.9. The van der Waals surface area contributed by atoms with E-state index in [9.17, 15) is 4.79 Å². The van der Waals surface area contributed by atoms with Crippen LogP contribution in [0.4, 0.5) is 0 Å². The van der Waals surface area contributed by atoms with Crippen molar-refractivity contribution in [3.8, 4) is 0 Å². The van der Waals surface area contributed by atoms with Crippen LogP contribution in [-0.4, -0.2) is 37.5 Å². The van der Waals surface area contributed by atoms with Crippen LogP contribution in [0.3, 0.4) is 0 Å². The highest BCUT2D eigenvalue weighted by Crippen LogP contribution is 2.29. The maximum atomic E-state index is 12.2. The molecule has 2 aromatic rings. The molecule has 0 spiro atoms. The van der Waals surface area contributed by atoms with Crippen LogP contribution in [0, 0.1) is 6.92 Å². The molecule has 0 atom stereocenters. The van der Waals surface area contributed by atoms with Crippen molar-refractivity contribution in [1.29, 1.82) is 0 Å². The van der Waals surface area contributed by atoms with Crippen molar-refractivity contribution in [2.45, 2.75) is 32.4 Å². The first kappa shape index (κ1) is 10.9. The fourth-order valence-electron chi connectivity index (χ4n) is 1.87. The van der Waals surface area contributed by atoms with Crippen LogP contribution in [0.2, 0.25) is 0 Å². The van der Waals surface area contributed by atoms with Gasteiger partial charge >= 0.3 is 0 Å². The number of hydrogen-bond donors (Lipinski definition) is 1. The van der Waals surface area contributed by atoms with Crippen molar-refractivity contribution in [1.82, 2.24) is 25.5 Å². The van der Waals surface area contributed by atoms with Crippen LogP contribution in [0.25, 0.3) is 0 Å². The van der Waals surface area contributed by atoms with Gasteiger partial charge in [0.25, 0.3) is 11.7 Å². The van der Waals surface area contributed by atoms with Gasteiger partial charge in [-0.1, -0.05) is 0 Å². The third kappa shape index (κ3) is 2.11. The quantitative estimate of drug-likeness (QED) is 0.867. The van der Waals surface area contributed by atoms with Crippen LogP contribution in [-0.2, 0) is 6.54 Å². The highest BCUT2D eigenvalue weighted by molar-refractivity contribution is 5.90. The molecule has 0 aromatic carbocycles. The minimum Gasteiger partial charge on any atom is -0.464 e. The zero-order valence-corrected chi connectivity index (χ0v) is 9.96. The Morgan fingerprint density at radius 1 is 1.56 bits per heavy atom. The largest absolute Gasteiger partial charge is 0.464 e.